The van der Waals surface area contributed by atoms with E-state index in [9.17, 15) is 4.79 Å². The lowest BCUT2D eigenvalue weighted by molar-refractivity contribution is -0.132. The van der Waals surface area contributed by atoms with E-state index < -0.39 is 0 Å². The summed E-state index contributed by atoms with van der Waals surface area (Å²) in [7, 11) is 0. The van der Waals surface area contributed by atoms with Gasteiger partial charge in [0.15, 0.2) is 0 Å². The van der Waals surface area contributed by atoms with Crippen LogP contribution < -0.4 is 5.73 Å². The Kier molecular flexibility index (Phi) is 6.42. The van der Waals surface area contributed by atoms with Gasteiger partial charge in [0, 0.05) is 13.0 Å². The molecule has 1 aliphatic rings. The molecule has 1 aliphatic heterocycles. The summed E-state index contributed by atoms with van der Waals surface area (Å²) in [5.74, 6) is 0.212. The van der Waals surface area contributed by atoms with Crippen molar-refractivity contribution in [2.24, 2.45) is 5.73 Å². The predicted molar refractivity (Wildman–Crippen MR) is 64.0 cm³/mol. The predicted octanol–water partition coefficient (Wildman–Crippen LogP) is 0.879. The quantitative estimate of drug-likeness (QED) is 0.636. The molecule has 94 valence electrons. The summed E-state index contributed by atoms with van der Waals surface area (Å²) in [4.78, 5) is 13.7. The monoisotopic (exact) mass is 228 g/mol. The Morgan fingerprint density at radius 3 is 2.75 bits per heavy atom. The van der Waals surface area contributed by atoms with Crippen LogP contribution in [0.1, 0.15) is 44.9 Å². The van der Waals surface area contributed by atoms with E-state index in [-0.39, 0.29) is 18.6 Å². The second-order valence-corrected chi connectivity index (χ2v) is 4.52. The average Bonchev–Trinajstić information content (AvgIpc) is 2.76. The zero-order chi connectivity index (χ0) is 11.8. The van der Waals surface area contributed by atoms with E-state index in [4.69, 9.17) is 10.8 Å². The molecule has 1 rings (SSSR count). The maximum absolute atomic E-state index is 11.8. The first kappa shape index (κ1) is 13.5. The van der Waals surface area contributed by atoms with Crippen molar-refractivity contribution in [3.63, 3.8) is 0 Å². The molecule has 3 N–H and O–H groups in total. The van der Waals surface area contributed by atoms with Crippen molar-refractivity contribution >= 4 is 5.91 Å². The van der Waals surface area contributed by atoms with Crippen LogP contribution in [0.3, 0.4) is 0 Å². The second kappa shape index (κ2) is 7.63. The molecule has 0 aromatic heterocycles. The number of likely N-dealkylation sites (tertiary alicyclic amines) is 1. The third kappa shape index (κ3) is 4.10. The van der Waals surface area contributed by atoms with E-state index in [1.165, 1.54) is 0 Å². The van der Waals surface area contributed by atoms with E-state index >= 15 is 0 Å². The molecule has 1 atom stereocenters. The lowest BCUT2D eigenvalue weighted by Gasteiger charge is -2.22. The van der Waals surface area contributed by atoms with Gasteiger partial charge in [-0.25, -0.2) is 0 Å². The zero-order valence-electron chi connectivity index (χ0n) is 10.0. The van der Waals surface area contributed by atoms with Gasteiger partial charge in [0.1, 0.15) is 0 Å². The van der Waals surface area contributed by atoms with E-state index in [1.54, 1.807) is 0 Å². The molecule has 0 saturated carbocycles. The highest BCUT2D eigenvalue weighted by molar-refractivity contribution is 5.76. The summed E-state index contributed by atoms with van der Waals surface area (Å²) in [5, 5.41) is 9.12. The van der Waals surface area contributed by atoms with E-state index in [2.05, 4.69) is 0 Å². The molecular formula is C12H24N2O2. The maximum atomic E-state index is 11.8. The average molecular weight is 228 g/mol. The fourth-order valence-electron chi connectivity index (χ4n) is 2.27. The number of amides is 1. The Morgan fingerprint density at radius 2 is 2.06 bits per heavy atom. The van der Waals surface area contributed by atoms with Gasteiger partial charge in [-0.15, -0.1) is 0 Å². The van der Waals surface area contributed by atoms with Gasteiger partial charge in [0.05, 0.1) is 12.6 Å². The molecule has 1 heterocycles. The van der Waals surface area contributed by atoms with E-state index in [1.807, 2.05) is 4.90 Å². The Hall–Kier alpha value is -0.610. The number of unbranched alkanes of at least 4 members (excludes halogenated alkanes) is 3. The van der Waals surface area contributed by atoms with Gasteiger partial charge in [0.2, 0.25) is 5.91 Å². The topological polar surface area (TPSA) is 66.6 Å². The lowest BCUT2D eigenvalue weighted by atomic mass is 10.1. The van der Waals surface area contributed by atoms with Crippen LogP contribution in [0.25, 0.3) is 0 Å². The van der Waals surface area contributed by atoms with Crippen molar-refractivity contribution in [2.75, 3.05) is 19.7 Å². The van der Waals surface area contributed by atoms with Crippen molar-refractivity contribution in [3.05, 3.63) is 0 Å². The number of aliphatic hydroxyl groups is 1. The minimum Gasteiger partial charge on any atom is -0.394 e. The molecule has 16 heavy (non-hydrogen) atoms. The van der Waals surface area contributed by atoms with Crippen molar-refractivity contribution in [1.82, 2.24) is 4.90 Å². The fraction of sp³-hybridized carbons (Fsp3) is 0.917. The minimum absolute atomic E-state index is 0.0801. The molecule has 4 heteroatoms. The van der Waals surface area contributed by atoms with Crippen LogP contribution >= 0.6 is 0 Å². The van der Waals surface area contributed by atoms with E-state index in [0.717, 1.165) is 51.6 Å². The third-order valence-corrected chi connectivity index (χ3v) is 3.25. The van der Waals surface area contributed by atoms with Crippen molar-refractivity contribution in [2.45, 2.75) is 51.0 Å². The Labute approximate surface area is 97.8 Å². The summed E-state index contributed by atoms with van der Waals surface area (Å²) in [5.41, 5.74) is 5.40. The Bertz CT molecular complexity index is 209. The molecule has 1 fully saturated rings. The van der Waals surface area contributed by atoms with Gasteiger partial charge in [-0.2, -0.15) is 0 Å². The number of nitrogens with zero attached hydrogens (tertiary/aromatic N) is 1. The van der Waals surface area contributed by atoms with Crippen LogP contribution in [0.15, 0.2) is 0 Å². The van der Waals surface area contributed by atoms with Gasteiger partial charge in [-0.05, 0) is 32.2 Å². The highest BCUT2D eigenvalue weighted by atomic mass is 16.3. The first-order valence-electron chi connectivity index (χ1n) is 6.40. The van der Waals surface area contributed by atoms with E-state index in [0.29, 0.717) is 6.42 Å². The summed E-state index contributed by atoms with van der Waals surface area (Å²) >= 11 is 0. The van der Waals surface area contributed by atoms with Crippen LogP contribution in [0, 0.1) is 0 Å². The van der Waals surface area contributed by atoms with Crippen LogP contribution in [0.2, 0.25) is 0 Å². The van der Waals surface area contributed by atoms with Crippen LogP contribution in [-0.4, -0.2) is 41.7 Å². The van der Waals surface area contributed by atoms with Crippen LogP contribution in [-0.2, 0) is 4.79 Å². The molecule has 0 aromatic carbocycles. The molecule has 0 aromatic rings. The summed E-state index contributed by atoms with van der Waals surface area (Å²) in [6, 6.07) is 0.0801. The van der Waals surface area contributed by atoms with Crippen molar-refractivity contribution < 1.29 is 9.90 Å². The number of carbonyl (C=O) groups excluding carboxylic acids is 1. The van der Waals surface area contributed by atoms with Gasteiger partial charge in [0.25, 0.3) is 0 Å². The highest BCUT2D eigenvalue weighted by Gasteiger charge is 2.27. The molecule has 1 unspecified atom stereocenters. The standard InChI is InChI=1S/C12H24N2O2/c13-8-4-2-1-3-7-12(16)14-9-5-6-11(14)10-15/h11,15H,1-10,13H2. The van der Waals surface area contributed by atoms with Crippen LogP contribution in [0.5, 0.6) is 0 Å². The lowest BCUT2D eigenvalue weighted by Crippen LogP contribution is -2.37. The highest BCUT2D eigenvalue weighted by Crippen LogP contribution is 2.18. The molecule has 1 saturated heterocycles. The number of hydrogen-bond acceptors (Lipinski definition) is 3. The molecule has 0 bridgehead atoms. The van der Waals surface area contributed by atoms with Gasteiger partial charge in [-0.1, -0.05) is 12.8 Å². The molecule has 0 aliphatic carbocycles. The Balaban J connectivity index is 2.14. The van der Waals surface area contributed by atoms with Gasteiger partial charge >= 0.3 is 0 Å². The normalized spacial score (nSPS) is 20.4. The molecular weight excluding hydrogens is 204 g/mol. The second-order valence-electron chi connectivity index (χ2n) is 4.52. The number of rotatable bonds is 7. The SMILES string of the molecule is NCCCCCCC(=O)N1CCCC1CO. The number of hydrogen-bond donors (Lipinski definition) is 2. The van der Waals surface area contributed by atoms with Crippen LogP contribution in [0.4, 0.5) is 0 Å². The zero-order valence-corrected chi connectivity index (χ0v) is 10.0. The Morgan fingerprint density at radius 1 is 1.31 bits per heavy atom. The first-order chi connectivity index (χ1) is 7.79. The number of aliphatic hydroxyl groups excluding tert-OH is 1. The van der Waals surface area contributed by atoms with Gasteiger partial charge in [-0.3, -0.25) is 4.79 Å². The number of nitrogens with two attached hydrogens (primary N) is 1. The smallest absolute Gasteiger partial charge is 0.222 e. The fourth-order valence-corrected chi connectivity index (χ4v) is 2.27. The van der Waals surface area contributed by atoms with Gasteiger partial charge < -0.3 is 15.7 Å². The molecule has 0 radical (unpaired) electrons. The summed E-state index contributed by atoms with van der Waals surface area (Å²) in [6.07, 6.45) is 6.82. The molecule has 0 spiro atoms. The molecule has 1 amide bonds. The minimum atomic E-state index is 0.0801. The maximum Gasteiger partial charge on any atom is 0.222 e. The first-order valence-corrected chi connectivity index (χ1v) is 6.40. The molecule has 4 nitrogen and oxygen atoms in total. The number of carbonyl (C=O) groups is 1. The third-order valence-electron chi connectivity index (χ3n) is 3.25. The van der Waals surface area contributed by atoms with Crippen molar-refractivity contribution in [1.29, 1.82) is 0 Å². The summed E-state index contributed by atoms with van der Waals surface area (Å²) < 4.78 is 0. The largest absolute Gasteiger partial charge is 0.394 e. The summed E-state index contributed by atoms with van der Waals surface area (Å²) in [6.45, 7) is 1.68. The van der Waals surface area contributed by atoms with Crippen molar-refractivity contribution in [3.8, 4) is 0 Å².